The summed E-state index contributed by atoms with van der Waals surface area (Å²) in [7, 11) is 2.02. The predicted octanol–water partition coefficient (Wildman–Crippen LogP) is 2.19. The van der Waals surface area contributed by atoms with Crippen LogP contribution in [0.15, 0.2) is 72.8 Å². The van der Waals surface area contributed by atoms with Crippen molar-refractivity contribution < 1.29 is 21.4 Å². The van der Waals surface area contributed by atoms with Gasteiger partial charge in [0.05, 0.1) is 22.0 Å². The predicted molar refractivity (Wildman–Crippen MR) is 104 cm³/mol. The number of nitrogens with zero attached hydrogens (tertiary/aromatic N) is 1. The van der Waals surface area contributed by atoms with Gasteiger partial charge in [0.1, 0.15) is 18.4 Å². The summed E-state index contributed by atoms with van der Waals surface area (Å²) in [5, 5.41) is 5.48. The fourth-order valence-electron chi connectivity index (χ4n) is 3.71. The number of rotatable bonds is 2. The summed E-state index contributed by atoms with van der Waals surface area (Å²) in [5.74, 6) is -0.246. The number of halogens is 2. The summed E-state index contributed by atoms with van der Waals surface area (Å²) in [6, 6.07) is 23.1. The second-order valence-electron chi connectivity index (χ2n) is 6.48. The molecule has 0 saturated carbocycles. The Labute approximate surface area is 161 Å². The van der Waals surface area contributed by atoms with Gasteiger partial charge in [-0.05, 0) is 36.4 Å². The normalized spacial score (nSPS) is 11.0. The van der Waals surface area contributed by atoms with Crippen molar-refractivity contribution in [2.75, 3.05) is 5.32 Å². The van der Waals surface area contributed by atoms with Gasteiger partial charge in [-0.1, -0.05) is 30.3 Å². The van der Waals surface area contributed by atoms with Crippen molar-refractivity contribution in [1.82, 2.24) is 4.98 Å². The summed E-state index contributed by atoms with van der Waals surface area (Å²) in [6.45, 7) is 0. The second-order valence-corrected chi connectivity index (χ2v) is 6.48. The Balaban J connectivity index is 0.00000180. The van der Waals surface area contributed by atoms with Gasteiger partial charge in [-0.15, -0.1) is 0 Å². The minimum Gasteiger partial charge on any atom is -1.00 e. The van der Waals surface area contributed by atoms with E-state index in [1.807, 2.05) is 55.6 Å². The van der Waals surface area contributed by atoms with Crippen LogP contribution in [0.2, 0.25) is 0 Å². The van der Waals surface area contributed by atoms with Crippen molar-refractivity contribution in [3.05, 3.63) is 78.6 Å². The molecular formula is C22H17ClFN3. The van der Waals surface area contributed by atoms with Crippen molar-refractivity contribution in [3.63, 3.8) is 0 Å². The molecule has 5 rings (SSSR count). The van der Waals surface area contributed by atoms with Gasteiger partial charge in [-0.2, -0.15) is 4.57 Å². The highest BCUT2D eigenvalue weighted by Gasteiger charge is 2.23. The van der Waals surface area contributed by atoms with Crippen LogP contribution in [-0.4, -0.2) is 4.98 Å². The first-order valence-corrected chi connectivity index (χ1v) is 8.56. The van der Waals surface area contributed by atoms with E-state index < -0.39 is 0 Å². The first-order chi connectivity index (χ1) is 12.7. The third-order valence-corrected chi connectivity index (χ3v) is 4.90. The first-order valence-electron chi connectivity index (χ1n) is 8.56. The number of aryl methyl sites for hydroxylation is 1. The molecule has 2 aromatic heterocycles. The number of pyridine rings is 1. The molecule has 0 unspecified atom stereocenters. The quantitative estimate of drug-likeness (QED) is 0.454. The van der Waals surface area contributed by atoms with Crippen molar-refractivity contribution in [3.8, 4) is 0 Å². The number of hydrogen-bond acceptors (Lipinski definition) is 1. The maximum Gasteiger partial charge on any atom is 0.240 e. The Morgan fingerprint density at radius 1 is 0.889 bits per heavy atom. The molecule has 0 bridgehead atoms. The molecular weight excluding hydrogens is 361 g/mol. The molecule has 27 heavy (non-hydrogen) atoms. The van der Waals surface area contributed by atoms with Gasteiger partial charge in [-0.25, -0.2) is 4.39 Å². The van der Waals surface area contributed by atoms with Crippen LogP contribution in [0, 0.1) is 5.82 Å². The molecule has 0 aliphatic rings. The van der Waals surface area contributed by atoms with Gasteiger partial charge in [0.2, 0.25) is 11.0 Å². The van der Waals surface area contributed by atoms with Crippen molar-refractivity contribution in [2.45, 2.75) is 0 Å². The fraction of sp³-hybridized carbons (Fsp3) is 0.0455. The van der Waals surface area contributed by atoms with Gasteiger partial charge in [0.15, 0.2) is 0 Å². The number of nitrogens with one attached hydrogen (secondary N) is 2. The minimum atomic E-state index is -0.246. The van der Waals surface area contributed by atoms with Gasteiger partial charge in [-0.3, -0.25) is 0 Å². The Morgan fingerprint density at radius 2 is 1.63 bits per heavy atom. The largest absolute Gasteiger partial charge is 1.00 e. The van der Waals surface area contributed by atoms with Gasteiger partial charge >= 0.3 is 0 Å². The fourth-order valence-corrected chi connectivity index (χ4v) is 3.71. The minimum absolute atomic E-state index is 0. The molecule has 5 heteroatoms. The summed E-state index contributed by atoms with van der Waals surface area (Å²) >= 11 is 0. The summed E-state index contributed by atoms with van der Waals surface area (Å²) in [4.78, 5) is 3.51. The Hall–Kier alpha value is -3.11. The molecule has 0 fully saturated rings. The molecule has 3 aromatic carbocycles. The number of fused-ring (bicyclic) bond motifs is 4. The topological polar surface area (TPSA) is 31.7 Å². The monoisotopic (exact) mass is 377 g/mol. The van der Waals surface area contributed by atoms with E-state index in [-0.39, 0.29) is 18.2 Å². The lowest BCUT2D eigenvalue weighted by molar-refractivity contribution is -0.616. The number of para-hydroxylation sites is 2. The summed E-state index contributed by atoms with van der Waals surface area (Å²) < 4.78 is 16.2. The lowest BCUT2D eigenvalue weighted by atomic mass is 10.1. The maximum atomic E-state index is 14.0. The van der Waals surface area contributed by atoms with E-state index in [1.54, 1.807) is 6.07 Å². The third-order valence-electron chi connectivity index (χ3n) is 4.90. The van der Waals surface area contributed by atoms with Crippen LogP contribution in [0.4, 0.5) is 15.8 Å². The molecule has 0 spiro atoms. The van der Waals surface area contributed by atoms with Crippen LogP contribution in [0.25, 0.3) is 32.8 Å². The van der Waals surface area contributed by atoms with Crippen molar-refractivity contribution in [1.29, 1.82) is 0 Å². The maximum absolute atomic E-state index is 14.0. The van der Waals surface area contributed by atoms with E-state index in [0.717, 1.165) is 44.2 Å². The first kappa shape index (κ1) is 17.3. The highest BCUT2D eigenvalue weighted by molar-refractivity contribution is 6.13. The van der Waals surface area contributed by atoms with E-state index in [9.17, 15) is 4.39 Å². The number of benzene rings is 3. The average molecular weight is 378 g/mol. The molecule has 0 aliphatic carbocycles. The average Bonchev–Trinajstić information content (AvgIpc) is 3.05. The number of aromatic nitrogens is 2. The molecule has 0 amide bonds. The van der Waals surface area contributed by atoms with Crippen LogP contribution >= 0.6 is 0 Å². The molecule has 5 aromatic rings. The van der Waals surface area contributed by atoms with E-state index in [2.05, 4.69) is 27.0 Å². The van der Waals surface area contributed by atoms with E-state index in [4.69, 9.17) is 0 Å². The van der Waals surface area contributed by atoms with E-state index in [1.165, 1.54) is 6.07 Å². The zero-order chi connectivity index (χ0) is 17.7. The van der Waals surface area contributed by atoms with Crippen LogP contribution in [0.5, 0.6) is 0 Å². The lowest BCUT2D eigenvalue weighted by Gasteiger charge is -2.11. The third kappa shape index (κ3) is 2.69. The number of aromatic amines is 1. The number of H-pyrrole nitrogens is 1. The SMILES string of the molecule is C[n+]1c2ccc(F)cc2c(Nc2ccccc2)c2[nH]c3ccccc3c21.[Cl-]. The molecule has 0 aliphatic heterocycles. The molecule has 0 radical (unpaired) electrons. The Bertz CT molecular complexity index is 1280. The van der Waals surface area contributed by atoms with Crippen LogP contribution < -0.4 is 22.3 Å². The number of anilines is 2. The van der Waals surface area contributed by atoms with Crippen LogP contribution in [0.1, 0.15) is 0 Å². The standard InChI is InChI=1S/C22H16FN3.ClH/c1-26-19-12-11-14(23)13-17(19)20(24-15-7-3-2-4-8-15)21-22(26)16-9-5-6-10-18(16)25-21;/h2-13H,1H3,(H,24,25);1H. The van der Waals surface area contributed by atoms with Gasteiger partial charge in [0, 0.05) is 11.8 Å². The van der Waals surface area contributed by atoms with Crippen LogP contribution in [-0.2, 0) is 7.05 Å². The van der Waals surface area contributed by atoms with Gasteiger partial charge in [0.25, 0.3) is 0 Å². The second kappa shape index (κ2) is 6.56. The molecule has 2 N–H and O–H groups in total. The van der Waals surface area contributed by atoms with Crippen molar-refractivity contribution in [2.24, 2.45) is 7.05 Å². The molecule has 3 nitrogen and oxygen atoms in total. The molecule has 134 valence electrons. The van der Waals surface area contributed by atoms with Crippen LogP contribution in [0.3, 0.4) is 0 Å². The lowest BCUT2D eigenvalue weighted by Crippen LogP contribution is -3.00. The molecule has 0 atom stereocenters. The Kier molecular flexibility index (Phi) is 4.21. The van der Waals surface area contributed by atoms with E-state index >= 15 is 0 Å². The molecule has 2 heterocycles. The Morgan fingerprint density at radius 3 is 2.44 bits per heavy atom. The summed E-state index contributed by atoms with van der Waals surface area (Å²) in [5.41, 5.74) is 5.95. The highest BCUT2D eigenvalue weighted by Crippen LogP contribution is 2.35. The highest BCUT2D eigenvalue weighted by atomic mass is 35.5. The number of hydrogen-bond donors (Lipinski definition) is 2. The smallest absolute Gasteiger partial charge is 0.240 e. The zero-order valence-corrected chi connectivity index (χ0v) is 15.4. The summed E-state index contributed by atoms with van der Waals surface area (Å²) in [6.07, 6.45) is 0. The van der Waals surface area contributed by atoms with Gasteiger partial charge < -0.3 is 22.7 Å². The van der Waals surface area contributed by atoms with Crippen molar-refractivity contribution >= 4 is 44.2 Å². The van der Waals surface area contributed by atoms with E-state index in [0.29, 0.717) is 0 Å². The molecule has 0 saturated heterocycles. The zero-order valence-electron chi connectivity index (χ0n) is 14.6.